The quantitative estimate of drug-likeness (QED) is 0.391. The van der Waals surface area contributed by atoms with Gasteiger partial charge in [0.2, 0.25) is 11.8 Å². The fraction of sp³-hybridized carbons (Fsp3) is 0.522. The van der Waals surface area contributed by atoms with Crippen LogP contribution >= 0.6 is 0 Å². The summed E-state index contributed by atoms with van der Waals surface area (Å²) < 4.78 is 5.98. The molecule has 3 aromatic rings. The van der Waals surface area contributed by atoms with Gasteiger partial charge in [0.1, 0.15) is 23.0 Å². The van der Waals surface area contributed by atoms with Crippen LogP contribution in [0.25, 0.3) is 22.6 Å². The minimum Gasteiger partial charge on any atom is -0.436 e. The Morgan fingerprint density at radius 3 is 2.50 bits per heavy atom. The van der Waals surface area contributed by atoms with E-state index in [1.54, 1.807) is 0 Å². The van der Waals surface area contributed by atoms with Crippen molar-refractivity contribution < 1.29 is 19.7 Å². The molecule has 9 heteroatoms. The van der Waals surface area contributed by atoms with E-state index in [2.05, 4.69) is 46.4 Å². The molecular weight excluding hydrogens is 410 g/mol. The van der Waals surface area contributed by atoms with Crippen LogP contribution in [0.2, 0.25) is 0 Å². The van der Waals surface area contributed by atoms with E-state index in [0.717, 1.165) is 5.52 Å². The van der Waals surface area contributed by atoms with Gasteiger partial charge in [0.15, 0.2) is 5.58 Å². The van der Waals surface area contributed by atoms with Crippen LogP contribution in [0, 0.1) is 18.3 Å². The highest BCUT2D eigenvalue weighted by molar-refractivity contribution is 5.80. The molecule has 0 spiro atoms. The second-order valence-corrected chi connectivity index (χ2v) is 9.67. The van der Waals surface area contributed by atoms with Gasteiger partial charge in [0, 0.05) is 19.1 Å². The van der Waals surface area contributed by atoms with Gasteiger partial charge in [-0.1, -0.05) is 32.9 Å². The predicted octanol–water partition coefficient (Wildman–Crippen LogP) is 2.57. The average molecular weight is 442 g/mol. The summed E-state index contributed by atoms with van der Waals surface area (Å²) in [5.41, 5.74) is 2.66. The molecule has 1 saturated carbocycles. The Hall–Kier alpha value is -2.75. The van der Waals surface area contributed by atoms with Gasteiger partial charge in [-0.05, 0) is 30.9 Å². The maximum Gasteiger partial charge on any atom is 0.232 e. The first-order chi connectivity index (χ1) is 15.2. The molecule has 1 fully saturated rings. The van der Waals surface area contributed by atoms with Crippen LogP contribution < -0.4 is 10.6 Å². The van der Waals surface area contributed by atoms with Crippen molar-refractivity contribution in [2.45, 2.75) is 52.4 Å². The molecule has 0 radical (unpaired) electrons. The van der Waals surface area contributed by atoms with Crippen molar-refractivity contribution in [2.24, 2.45) is 11.3 Å². The molecule has 4 unspecified atom stereocenters. The van der Waals surface area contributed by atoms with E-state index >= 15 is 0 Å². The van der Waals surface area contributed by atoms with Crippen LogP contribution in [0.4, 0.5) is 11.8 Å². The number of hydrogen-bond acceptors (Lipinski definition) is 9. The van der Waals surface area contributed by atoms with E-state index < -0.39 is 24.2 Å². The maximum absolute atomic E-state index is 10.5. The maximum atomic E-state index is 10.5. The summed E-state index contributed by atoms with van der Waals surface area (Å²) in [7, 11) is 0. The monoisotopic (exact) mass is 441 g/mol. The Bertz CT molecular complexity index is 1060. The number of nitrogens with one attached hydrogen (secondary N) is 2. The summed E-state index contributed by atoms with van der Waals surface area (Å²) in [6.07, 6.45) is -1.64. The fourth-order valence-corrected chi connectivity index (χ4v) is 3.96. The van der Waals surface area contributed by atoms with E-state index in [4.69, 9.17) is 4.42 Å². The van der Waals surface area contributed by atoms with Crippen molar-refractivity contribution in [3.05, 3.63) is 30.0 Å². The number of anilines is 2. The lowest BCUT2D eigenvalue weighted by Crippen LogP contribution is -2.36. The molecule has 1 aliphatic rings. The molecule has 32 heavy (non-hydrogen) atoms. The molecule has 4 rings (SSSR count). The molecule has 0 aliphatic heterocycles. The van der Waals surface area contributed by atoms with Gasteiger partial charge >= 0.3 is 0 Å². The third-order valence-electron chi connectivity index (χ3n) is 5.73. The number of rotatable bonds is 6. The molecule has 0 saturated heterocycles. The number of aliphatic hydroxyl groups is 3. The molecular formula is C23H31N5O4. The van der Waals surface area contributed by atoms with Crippen LogP contribution in [-0.2, 0) is 0 Å². The summed E-state index contributed by atoms with van der Waals surface area (Å²) in [6, 6.07) is 6.99. The summed E-state index contributed by atoms with van der Waals surface area (Å²) in [6.45, 7) is 8.68. The van der Waals surface area contributed by atoms with Gasteiger partial charge < -0.3 is 30.4 Å². The average Bonchev–Trinajstić information content (AvgIpc) is 3.27. The Morgan fingerprint density at radius 2 is 1.84 bits per heavy atom. The lowest BCUT2D eigenvalue weighted by Gasteiger charge is -2.22. The lowest BCUT2D eigenvalue weighted by molar-refractivity contribution is 0.00446. The predicted molar refractivity (Wildman–Crippen MR) is 122 cm³/mol. The van der Waals surface area contributed by atoms with Gasteiger partial charge in [-0.15, -0.1) is 0 Å². The summed E-state index contributed by atoms with van der Waals surface area (Å²) in [5.74, 6) is 0.874. The van der Waals surface area contributed by atoms with E-state index in [9.17, 15) is 15.3 Å². The second kappa shape index (κ2) is 8.65. The first kappa shape index (κ1) is 22.4. The standard InChI is InChI=1S/C23H31N5O4/c1-12-17(21-27-14-7-5-6-8-16(14)32-21)20(28-22(25-12)24-11-23(2,3)4)26-15-9-13(10-29)18(30)19(15)31/h5-8,13,15,18-19,29-31H,9-11H2,1-4H3,(H2,24,25,26,28). The molecule has 2 aromatic heterocycles. The number of fused-ring (bicyclic) bond motifs is 1. The largest absolute Gasteiger partial charge is 0.436 e. The van der Waals surface area contributed by atoms with Crippen molar-refractivity contribution in [3.8, 4) is 11.5 Å². The molecule has 1 aliphatic carbocycles. The molecule has 4 atom stereocenters. The van der Waals surface area contributed by atoms with Gasteiger partial charge in [0.05, 0.1) is 17.8 Å². The topological polar surface area (TPSA) is 137 Å². The van der Waals surface area contributed by atoms with Crippen LogP contribution in [0.3, 0.4) is 0 Å². The summed E-state index contributed by atoms with van der Waals surface area (Å²) in [4.78, 5) is 13.9. The van der Waals surface area contributed by atoms with Crippen molar-refractivity contribution in [1.29, 1.82) is 0 Å². The molecule has 0 bridgehead atoms. The lowest BCUT2D eigenvalue weighted by atomic mass is 9.97. The Morgan fingerprint density at radius 1 is 1.09 bits per heavy atom. The van der Waals surface area contributed by atoms with Crippen molar-refractivity contribution >= 4 is 22.9 Å². The number of nitrogens with zero attached hydrogens (tertiary/aromatic N) is 3. The Labute approximate surface area is 186 Å². The van der Waals surface area contributed by atoms with Gasteiger partial charge in [0.25, 0.3) is 0 Å². The van der Waals surface area contributed by atoms with Crippen molar-refractivity contribution in [2.75, 3.05) is 23.8 Å². The minimum absolute atomic E-state index is 0.0317. The number of aryl methyl sites for hydroxylation is 1. The number of aromatic nitrogens is 3. The van der Waals surface area contributed by atoms with E-state index in [1.807, 2.05) is 31.2 Å². The Balaban J connectivity index is 1.74. The highest BCUT2D eigenvalue weighted by Gasteiger charge is 2.41. The Kier molecular flexibility index (Phi) is 6.07. The summed E-state index contributed by atoms with van der Waals surface area (Å²) in [5, 5.41) is 36.8. The zero-order chi connectivity index (χ0) is 23.0. The smallest absolute Gasteiger partial charge is 0.232 e. The molecule has 2 heterocycles. The first-order valence-electron chi connectivity index (χ1n) is 10.9. The zero-order valence-corrected chi connectivity index (χ0v) is 18.8. The normalized spacial score (nSPS) is 23.6. The molecule has 0 amide bonds. The van der Waals surface area contributed by atoms with Crippen LogP contribution in [0.5, 0.6) is 0 Å². The number of hydrogen-bond donors (Lipinski definition) is 5. The van der Waals surface area contributed by atoms with Crippen LogP contribution in [-0.4, -0.2) is 61.7 Å². The van der Waals surface area contributed by atoms with Crippen LogP contribution in [0.1, 0.15) is 32.9 Å². The zero-order valence-electron chi connectivity index (χ0n) is 18.8. The van der Waals surface area contributed by atoms with Gasteiger partial charge in [-0.3, -0.25) is 0 Å². The van der Waals surface area contributed by atoms with Crippen LogP contribution in [0.15, 0.2) is 28.7 Å². The van der Waals surface area contributed by atoms with Gasteiger partial charge in [-0.25, -0.2) is 9.97 Å². The van der Waals surface area contributed by atoms with E-state index in [0.29, 0.717) is 47.5 Å². The fourth-order valence-electron chi connectivity index (χ4n) is 3.96. The number of para-hydroxylation sites is 2. The van der Waals surface area contributed by atoms with Crippen molar-refractivity contribution in [3.63, 3.8) is 0 Å². The third-order valence-corrected chi connectivity index (χ3v) is 5.73. The number of benzene rings is 1. The SMILES string of the molecule is Cc1nc(NCC(C)(C)C)nc(NC2CC(CO)C(O)C2O)c1-c1nc2ccccc2o1. The molecule has 172 valence electrons. The number of oxazole rings is 1. The minimum atomic E-state index is -1.04. The third kappa shape index (κ3) is 4.55. The van der Waals surface area contributed by atoms with E-state index in [1.165, 1.54) is 0 Å². The van der Waals surface area contributed by atoms with Gasteiger partial charge in [-0.2, -0.15) is 4.98 Å². The number of aliphatic hydroxyl groups excluding tert-OH is 3. The van der Waals surface area contributed by atoms with Crippen molar-refractivity contribution in [1.82, 2.24) is 15.0 Å². The highest BCUT2D eigenvalue weighted by atomic mass is 16.3. The van der Waals surface area contributed by atoms with E-state index in [-0.39, 0.29) is 12.0 Å². The molecule has 5 N–H and O–H groups in total. The molecule has 9 nitrogen and oxygen atoms in total. The first-order valence-corrected chi connectivity index (χ1v) is 10.9. The summed E-state index contributed by atoms with van der Waals surface area (Å²) >= 11 is 0. The second-order valence-electron chi connectivity index (χ2n) is 9.67. The molecule has 1 aromatic carbocycles. The highest BCUT2D eigenvalue weighted by Crippen LogP contribution is 2.35.